The first-order chi connectivity index (χ1) is 11.1. The monoisotopic (exact) mass is 424 g/mol. The molecular formula is C17H17IN2O3. The molecule has 1 N–H and O–H groups in total. The van der Waals surface area contributed by atoms with Crippen molar-refractivity contribution in [2.45, 2.75) is 6.92 Å². The normalized spacial score (nSPS) is 10.6. The zero-order chi connectivity index (χ0) is 16.7. The summed E-state index contributed by atoms with van der Waals surface area (Å²) in [4.78, 5) is 12.0. The van der Waals surface area contributed by atoms with Crippen molar-refractivity contribution in [3.8, 4) is 11.5 Å². The standard InChI is InChI=1S/C17H17IN2O3/c1-3-23-14-7-4-12(5-8-14)11-19-20-17(21)13-6-9-16(22-2)15(18)10-13/h4-11H,3H2,1-2H3,(H,20,21)/b19-11-. The van der Waals surface area contributed by atoms with Crippen molar-refractivity contribution in [3.63, 3.8) is 0 Å². The molecule has 0 radical (unpaired) electrons. The molecule has 120 valence electrons. The number of hydrogen-bond donors (Lipinski definition) is 1. The number of halogens is 1. The average molecular weight is 424 g/mol. The summed E-state index contributed by atoms with van der Waals surface area (Å²) in [6, 6.07) is 12.7. The van der Waals surface area contributed by atoms with Crippen molar-refractivity contribution >= 4 is 34.7 Å². The van der Waals surface area contributed by atoms with Crippen LogP contribution in [0, 0.1) is 3.57 Å². The molecule has 6 heteroatoms. The smallest absolute Gasteiger partial charge is 0.271 e. The summed E-state index contributed by atoms with van der Waals surface area (Å²) in [6.45, 7) is 2.56. The molecule has 0 aliphatic carbocycles. The zero-order valence-corrected chi connectivity index (χ0v) is 15.0. The number of carbonyl (C=O) groups is 1. The molecule has 0 heterocycles. The van der Waals surface area contributed by atoms with Crippen LogP contribution in [0.4, 0.5) is 0 Å². The van der Waals surface area contributed by atoms with Gasteiger partial charge in [-0.1, -0.05) is 0 Å². The highest BCUT2D eigenvalue weighted by atomic mass is 127. The van der Waals surface area contributed by atoms with Crippen molar-refractivity contribution in [1.82, 2.24) is 5.43 Å². The Bertz CT molecular complexity index is 699. The number of ether oxygens (including phenoxy) is 2. The predicted octanol–water partition coefficient (Wildman–Crippen LogP) is 3.46. The number of rotatable bonds is 6. The minimum atomic E-state index is -0.271. The SMILES string of the molecule is CCOc1ccc(/C=N\NC(=O)c2ccc(OC)c(I)c2)cc1. The molecule has 0 saturated carbocycles. The topological polar surface area (TPSA) is 59.9 Å². The lowest BCUT2D eigenvalue weighted by atomic mass is 10.2. The van der Waals surface area contributed by atoms with Gasteiger partial charge in [0.05, 0.1) is 23.5 Å². The van der Waals surface area contributed by atoms with Gasteiger partial charge >= 0.3 is 0 Å². The van der Waals surface area contributed by atoms with Crippen molar-refractivity contribution in [2.24, 2.45) is 5.10 Å². The summed E-state index contributed by atoms with van der Waals surface area (Å²) < 4.78 is 11.4. The molecule has 1 amide bonds. The van der Waals surface area contributed by atoms with Crippen LogP contribution in [-0.4, -0.2) is 25.8 Å². The molecule has 0 saturated heterocycles. The number of nitrogens with zero attached hydrogens (tertiary/aromatic N) is 1. The van der Waals surface area contributed by atoms with E-state index in [0.717, 1.165) is 20.6 Å². The molecule has 2 aromatic rings. The third-order valence-electron chi connectivity index (χ3n) is 2.98. The van der Waals surface area contributed by atoms with E-state index in [2.05, 4.69) is 33.1 Å². The maximum absolute atomic E-state index is 12.0. The average Bonchev–Trinajstić information content (AvgIpc) is 2.56. The highest BCUT2D eigenvalue weighted by molar-refractivity contribution is 14.1. The molecule has 0 aliphatic rings. The van der Waals surface area contributed by atoms with E-state index in [1.807, 2.05) is 31.2 Å². The second kappa shape index (κ2) is 8.52. The van der Waals surface area contributed by atoms with Gasteiger partial charge in [-0.3, -0.25) is 4.79 Å². The van der Waals surface area contributed by atoms with Crippen LogP contribution in [0.3, 0.4) is 0 Å². The van der Waals surface area contributed by atoms with Crippen LogP contribution in [0.1, 0.15) is 22.8 Å². The van der Waals surface area contributed by atoms with Gasteiger partial charge in [0.15, 0.2) is 0 Å². The highest BCUT2D eigenvalue weighted by Gasteiger charge is 2.07. The van der Waals surface area contributed by atoms with Crippen LogP contribution in [0.25, 0.3) is 0 Å². The van der Waals surface area contributed by atoms with Crippen molar-refractivity contribution in [1.29, 1.82) is 0 Å². The lowest BCUT2D eigenvalue weighted by Gasteiger charge is -2.05. The van der Waals surface area contributed by atoms with Gasteiger partial charge in [-0.15, -0.1) is 0 Å². The van der Waals surface area contributed by atoms with Gasteiger partial charge in [0, 0.05) is 5.56 Å². The van der Waals surface area contributed by atoms with Gasteiger partial charge in [-0.25, -0.2) is 5.43 Å². The second-order valence-electron chi connectivity index (χ2n) is 4.55. The minimum absolute atomic E-state index is 0.271. The first-order valence-electron chi connectivity index (χ1n) is 7.04. The van der Waals surface area contributed by atoms with Gasteiger partial charge < -0.3 is 9.47 Å². The maximum atomic E-state index is 12.0. The fourth-order valence-electron chi connectivity index (χ4n) is 1.85. The van der Waals surface area contributed by atoms with Gasteiger partial charge in [-0.05, 0) is 77.5 Å². The molecule has 23 heavy (non-hydrogen) atoms. The molecule has 0 aliphatic heterocycles. The summed E-state index contributed by atoms with van der Waals surface area (Å²) in [6.07, 6.45) is 1.59. The van der Waals surface area contributed by atoms with Crippen molar-refractivity contribution in [3.05, 3.63) is 57.2 Å². The van der Waals surface area contributed by atoms with Crippen LogP contribution in [-0.2, 0) is 0 Å². The highest BCUT2D eigenvalue weighted by Crippen LogP contribution is 2.21. The Labute approximate surface area is 148 Å². The van der Waals surface area contributed by atoms with E-state index < -0.39 is 0 Å². The van der Waals surface area contributed by atoms with Gasteiger partial charge in [-0.2, -0.15) is 5.10 Å². The molecule has 0 spiro atoms. The van der Waals surface area contributed by atoms with E-state index in [4.69, 9.17) is 9.47 Å². The molecular weight excluding hydrogens is 407 g/mol. The van der Waals surface area contributed by atoms with Crippen LogP contribution in [0.15, 0.2) is 47.6 Å². The first-order valence-corrected chi connectivity index (χ1v) is 8.11. The van der Waals surface area contributed by atoms with E-state index >= 15 is 0 Å². The Morgan fingerprint density at radius 2 is 2.00 bits per heavy atom. The molecule has 0 fully saturated rings. The molecule has 5 nitrogen and oxygen atoms in total. The Kier molecular flexibility index (Phi) is 6.40. The summed E-state index contributed by atoms with van der Waals surface area (Å²) in [5, 5.41) is 3.97. The number of carbonyl (C=O) groups excluding carboxylic acids is 1. The van der Waals surface area contributed by atoms with Crippen LogP contribution < -0.4 is 14.9 Å². The molecule has 2 rings (SSSR count). The Hall–Kier alpha value is -2.09. The first kappa shape index (κ1) is 17.3. The lowest BCUT2D eigenvalue weighted by molar-refractivity contribution is 0.0955. The molecule has 0 bridgehead atoms. The quantitative estimate of drug-likeness (QED) is 0.439. The van der Waals surface area contributed by atoms with E-state index in [1.54, 1.807) is 31.5 Å². The maximum Gasteiger partial charge on any atom is 0.271 e. The van der Waals surface area contributed by atoms with E-state index in [-0.39, 0.29) is 5.91 Å². The molecule has 0 unspecified atom stereocenters. The van der Waals surface area contributed by atoms with E-state index in [0.29, 0.717) is 12.2 Å². The third kappa shape index (κ3) is 4.95. The van der Waals surface area contributed by atoms with Crippen LogP contribution in [0.2, 0.25) is 0 Å². The van der Waals surface area contributed by atoms with Gasteiger partial charge in [0.25, 0.3) is 5.91 Å². The third-order valence-corrected chi connectivity index (χ3v) is 3.83. The van der Waals surface area contributed by atoms with E-state index in [9.17, 15) is 4.79 Å². The largest absolute Gasteiger partial charge is 0.496 e. The number of hydrogen-bond acceptors (Lipinski definition) is 4. The summed E-state index contributed by atoms with van der Waals surface area (Å²) in [5.74, 6) is 1.27. The van der Waals surface area contributed by atoms with Crippen LogP contribution in [0.5, 0.6) is 11.5 Å². The predicted molar refractivity (Wildman–Crippen MR) is 98.4 cm³/mol. The number of nitrogens with one attached hydrogen (secondary N) is 1. The fraction of sp³-hybridized carbons (Fsp3) is 0.176. The summed E-state index contributed by atoms with van der Waals surface area (Å²) in [7, 11) is 1.60. The Balaban J connectivity index is 1.96. The number of methoxy groups -OCH3 is 1. The number of benzene rings is 2. The van der Waals surface area contributed by atoms with Crippen molar-refractivity contribution in [2.75, 3.05) is 13.7 Å². The summed E-state index contributed by atoms with van der Waals surface area (Å²) in [5.41, 5.74) is 3.91. The van der Waals surface area contributed by atoms with Gasteiger partial charge in [0.2, 0.25) is 0 Å². The molecule has 0 atom stereocenters. The van der Waals surface area contributed by atoms with E-state index in [1.165, 1.54) is 0 Å². The summed E-state index contributed by atoms with van der Waals surface area (Å²) >= 11 is 2.12. The molecule has 0 aromatic heterocycles. The van der Waals surface area contributed by atoms with Gasteiger partial charge in [0.1, 0.15) is 11.5 Å². The Morgan fingerprint density at radius 1 is 1.26 bits per heavy atom. The molecule has 2 aromatic carbocycles. The Morgan fingerprint density at radius 3 is 2.61 bits per heavy atom. The number of hydrazone groups is 1. The minimum Gasteiger partial charge on any atom is -0.496 e. The fourth-order valence-corrected chi connectivity index (χ4v) is 2.59. The number of amides is 1. The second-order valence-corrected chi connectivity index (χ2v) is 5.71. The van der Waals surface area contributed by atoms with Crippen molar-refractivity contribution < 1.29 is 14.3 Å². The zero-order valence-electron chi connectivity index (χ0n) is 12.9. The van der Waals surface area contributed by atoms with Crippen LogP contribution >= 0.6 is 22.6 Å². The lowest BCUT2D eigenvalue weighted by Crippen LogP contribution is -2.17.